The minimum atomic E-state index is -1.21. The monoisotopic (exact) mass is 267 g/mol. The van der Waals surface area contributed by atoms with Gasteiger partial charge in [0.05, 0.1) is 0 Å². The van der Waals surface area contributed by atoms with Gasteiger partial charge in [-0.05, 0) is 5.56 Å². The van der Waals surface area contributed by atoms with Gasteiger partial charge in [-0.25, -0.2) is 9.59 Å². The summed E-state index contributed by atoms with van der Waals surface area (Å²) in [6.45, 7) is 1.25. The number of nitrogens with one attached hydrogen (secondary N) is 1. The summed E-state index contributed by atoms with van der Waals surface area (Å²) in [7, 11) is 0. The molecular formula is C13H17NO5. The number of carbonyl (C=O) groups is 2. The van der Waals surface area contributed by atoms with Crippen LogP contribution in [-0.2, 0) is 16.1 Å². The van der Waals surface area contributed by atoms with Crippen molar-refractivity contribution < 1.29 is 24.5 Å². The van der Waals surface area contributed by atoms with Crippen molar-refractivity contribution in [3.05, 3.63) is 35.9 Å². The average Bonchev–Trinajstić information content (AvgIpc) is 2.42. The molecule has 0 unspecified atom stereocenters. The Kier molecular flexibility index (Phi) is 5.81. The molecule has 6 nitrogen and oxygen atoms in total. The van der Waals surface area contributed by atoms with E-state index in [9.17, 15) is 9.59 Å². The molecule has 0 heterocycles. The Morgan fingerprint density at radius 3 is 2.47 bits per heavy atom. The second-order valence-corrected chi connectivity index (χ2v) is 4.18. The molecule has 0 aliphatic rings. The zero-order chi connectivity index (χ0) is 14.3. The van der Waals surface area contributed by atoms with Crippen LogP contribution in [0.4, 0.5) is 4.79 Å². The molecule has 6 heteroatoms. The van der Waals surface area contributed by atoms with E-state index in [0.717, 1.165) is 5.56 Å². The fourth-order valence-electron chi connectivity index (χ4n) is 1.44. The number of carboxylic acid groups (broad SMARTS) is 1. The van der Waals surface area contributed by atoms with Crippen molar-refractivity contribution in [2.75, 3.05) is 6.61 Å². The third-order valence-electron chi connectivity index (χ3n) is 2.61. The highest BCUT2D eigenvalue weighted by Gasteiger charge is 2.26. The van der Waals surface area contributed by atoms with E-state index in [1.54, 1.807) is 12.1 Å². The van der Waals surface area contributed by atoms with E-state index < -0.39 is 24.0 Å². The van der Waals surface area contributed by atoms with Gasteiger partial charge in [-0.2, -0.15) is 0 Å². The molecule has 1 aromatic carbocycles. The van der Waals surface area contributed by atoms with E-state index >= 15 is 0 Å². The van der Waals surface area contributed by atoms with Crippen LogP contribution in [0, 0.1) is 5.92 Å². The SMILES string of the molecule is C[C@H](CO)[C@@H](NC(=O)OCc1ccccc1)C(=O)O. The molecule has 0 aromatic heterocycles. The molecule has 104 valence electrons. The molecule has 0 fully saturated rings. The van der Waals surface area contributed by atoms with Gasteiger partial charge in [0.2, 0.25) is 0 Å². The number of alkyl carbamates (subject to hydrolysis) is 1. The van der Waals surface area contributed by atoms with Gasteiger partial charge in [0.1, 0.15) is 12.6 Å². The summed E-state index contributed by atoms with van der Waals surface area (Å²) in [6, 6.07) is 7.87. The Bertz CT molecular complexity index is 420. The fourth-order valence-corrected chi connectivity index (χ4v) is 1.44. The van der Waals surface area contributed by atoms with Gasteiger partial charge in [-0.15, -0.1) is 0 Å². The maximum atomic E-state index is 11.5. The highest BCUT2D eigenvalue weighted by molar-refractivity contribution is 5.80. The van der Waals surface area contributed by atoms with Gasteiger partial charge in [-0.1, -0.05) is 37.3 Å². The number of benzene rings is 1. The number of aliphatic carboxylic acids is 1. The first-order chi connectivity index (χ1) is 9.04. The average molecular weight is 267 g/mol. The smallest absolute Gasteiger partial charge is 0.408 e. The fraction of sp³-hybridized carbons (Fsp3) is 0.385. The van der Waals surface area contributed by atoms with Crippen LogP contribution in [0.1, 0.15) is 12.5 Å². The number of carboxylic acids is 1. The molecule has 1 aromatic rings. The third-order valence-corrected chi connectivity index (χ3v) is 2.61. The van der Waals surface area contributed by atoms with Crippen LogP contribution in [0.15, 0.2) is 30.3 Å². The lowest BCUT2D eigenvalue weighted by Crippen LogP contribution is -2.46. The van der Waals surface area contributed by atoms with Gasteiger partial charge in [0.15, 0.2) is 0 Å². The first kappa shape index (κ1) is 15.0. The Morgan fingerprint density at radius 2 is 1.95 bits per heavy atom. The van der Waals surface area contributed by atoms with Crippen molar-refractivity contribution in [3.8, 4) is 0 Å². The predicted octanol–water partition coefficient (Wildman–Crippen LogP) is 0.994. The molecule has 3 N–H and O–H groups in total. The van der Waals surface area contributed by atoms with Crippen LogP contribution < -0.4 is 5.32 Å². The summed E-state index contributed by atoms with van der Waals surface area (Å²) in [5, 5.41) is 20.1. The number of hydrogen-bond donors (Lipinski definition) is 3. The summed E-state index contributed by atoms with van der Waals surface area (Å²) >= 11 is 0. The first-order valence-electron chi connectivity index (χ1n) is 5.85. The van der Waals surface area contributed by atoms with E-state index in [2.05, 4.69) is 5.32 Å². The first-order valence-corrected chi connectivity index (χ1v) is 5.85. The van der Waals surface area contributed by atoms with Crippen LogP contribution >= 0.6 is 0 Å². The highest BCUT2D eigenvalue weighted by atomic mass is 16.5. The van der Waals surface area contributed by atoms with Crippen LogP contribution in [0.25, 0.3) is 0 Å². The van der Waals surface area contributed by atoms with Gasteiger partial charge >= 0.3 is 12.1 Å². The Morgan fingerprint density at radius 1 is 1.32 bits per heavy atom. The maximum Gasteiger partial charge on any atom is 0.408 e. The van der Waals surface area contributed by atoms with Crippen LogP contribution in [0.2, 0.25) is 0 Å². The predicted molar refractivity (Wildman–Crippen MR) is 67.4 cm³/mol. The number of ether oxygens (including phenoxy) is 1. The highest BCUT2D eigenvalue weighted by Crippen LogP contribution is 2.04. The normalized spacial score (nSPS) is 13.4. The van der Waals surface area contributed by atoms with E-state index in [1.807, 2.05) is 18.2 Å². The lowest BCUT2D eigenvalue weighted by atomic mass is 10.0. The number of aliphatic hydroxyl groups is 1. The molecule has 0 aliphatic heterocycles. The van der Waals surface area contributed by atoms with Crippen molar-refractivity contribution in [2.45, 2.75) is 19.6 Å². The van der Waals surface area contributed by atoms with Crippen molar-refractivity contribution >= 4 is 12.1 Å². The Balaban J connectivity index is 2.47. The number of carbonyl (C=O) groups excluding carboxylic acids is 1. The summed E-state index contributed by atoms with van der Waals surface area (Å²) in [6.07, 6.45) is -0.823. The topological polar surface area (TPSA) is 95.9 Å². The maximum absolute atomic E-state index is 11.5. The van der Waals surface area contributed by atoms with Crippen LogP contribution in [-0.4, -0.2) is 34.9 Å². The molecule has 0 spiro atoms. The second-order valence-electron chi connectivity index (χ2n) is 4.18. The molecule has 0 aliphatic carbocycles. The minimum Gasteiger partial charge on any atom is -0.480 e. The number of aliphatic hydroxyl groups excluding tert-OH is 1. The largest absolute Gasteiger partial charge is 0.480 e. The number of rotatable bonds is 6. The van der Waals surface area contributed by atoms with Gasteiger partial charge in [-0.3, -0.25) is 0 Å². The van der Waals surface area contributed by atoms with E-state index in [1.165, 1.54) is 6.92 Å². The molecule has 0 saturated carbocycles. The third kappa shape index (κ3) is 4.97. The molecule has 2 atom stereocenters. The minimum absolute atomic E-state index is 0.0620. The molecule has 1 amide bonds. The van der Waals surface area contributed by atoms with Crippen molar-refractivity contribution in [1.82, 2.24) is 5.32 Å². The zero-order valence-electron chi connectivity index (χ0n) is 10.6. The number of amides is 1. The van der Waals surface area contributed by atoms with Crippen molar-refractivity contribution in [3.63, 3.8) is 0 Å². The molecule has 1 rings (SSSR count). The standard InChI is InChI=1S/C13H17NO5/c1-9(7-15)11(12(16)17)14-13(18)19-8-10-5-3-2-4-6-10/h2-6,9,11,15H,7-8H2,1H3,(H,14,18)(H,16,17)/t9-,11-/m1/s1. The van der Waals surface area contributed by atoms with Crippen LogP contribution in [0.3, 0.4) is 0 Å². The number of hydrogen-bond acceptors (Lipinski definition) is 4. The van der Waals surface area contributed by atoms with Gasteiger partial charge in [0.25, 0.3) is 0 Å². The molecule has 0 bridgehead atoms. The Labute approximate surface area is 111 Å². The summed E-state index contributed by atoms with van der Waals surface area (Å²) in [5.41, 5.74) is 0.805. The van der Waals surface area contributed by atoms with Crippen molar-refractivity contribution in [2.24, 2.45) is 5.92 Å². The molecule has 0 radical (unpaired) electrons. The quantitative estimate of drug-likeness (QED) is 0.714. The zero-order valence-corrected chi connectivity index (χ0v) is 10.6. The lowest BCUT2D eigenvalue weighted by molar-refractivity contribution is -0.141. The van der Waals surface area contributed by atoms with Crippen LogP contribution in [0.5, 0.6) is 0 Å². The van der Waals surface area contributed by atoms with E-state index in [-0.39, 0.29) is 13.2 Å². The van der Waals surface area contributed by atoms with Gasteiger partial charge in [0, 0.05) is 12.5 Å². The lowest BCUT2D eigenvalue weighted by Gasteiger charge is -2.19. The second kappa shape index (κ2) is 7.38. The molecule has 19 heavy (non-hydrogen) atoms. The van der Waals surface area contributed by atoms with Crippen molar-refractivity contribution in [1.29, 1.82) is 0 Å². The van der Waals surface area contributed by atoms with E-state index in [4.69, 9.17) is 14.9 Å². The van der Waals surface area contributed by atoms with E-state index in [0.29, 0.717) is 0 Å². The summed E-state index contributed by atoms with van der Waals surface area (Å²) in [4.78, 5) is 22.4. The molecule has 0 saturated heterocycles. The Hall–Kier alpha value is -2.08. The summed E-state index contributed by atoms with van der Waals surface area (Å²) < 4.78 is 4.91. The van der Waals surface area contributed by atoms with Gasteiger partial charge < -0.3 is 20.3 Å². The molecular weight excluding hydrogens is 250 g/mol. The summed E-state index contributed by atoms with van der Waals surface area (Å²) in [5.74, 6) is -1.81.